The molecule has 1 saturated carbocycles. The SMILES string of the molecule is CC1CCC(n2cncc2-c2cnccc2N)CC1C. The maximum Gasteiger partial charge on any atom is 0.0953 e. The molecule has 1 aliphatic carbocycles. The molecular formula is C16H22N4. The second-order valence-electron chi connectivity index (χ2n) is 6.07. The third-order valence-corrected chi connectivity index (χ3v) is 4.76. The lowest BCUT2D eigenvalue weighted by molar-refractivity contribution is 0.211. The van der Waals surface area contributed by atoms with Crippen LogP contribution in [0.4, 0.5) is 5.69 Å². The smallest absolute Gasteiger partial charge is 0.0953 e. The van der Waals surface area contributed by atoms with Gasteiger partial charge in [-0.2, -0.15) is 0 Å². The lowest BCUT2D eigenvalue weighted by atomic mass is 9.79. The predicted octanol–water partition coefficient (Wildman–Crippen LogP) is 3.52. The molecule has 106 valence electrons. The first kappa shape index (κ1) is 13.2. The van der Waals surface area contributed by atoms with E-state index in [1.54, 1.807) is 6.20 Å². The molecule has 1 fully saturated rings. The molecule has 0 aromatic carbocycles. The van der Waals surface area contributed by atoms with Gasteiger partial charge in [0, 0.05) is 29.7 Å². The summed E-state index contributed by atoms with van der Waals surface area (Å²) in [6.45, 7) is 4.71. The third kappa shape index (κ3) is 2.30. The van der Waals surface area contributed by atoms with Gasteiger partial charge in [-0.05, 0) is 37.2 Å². The molecule has 3 atom stereocenters. The van der Waals surface area contributed by atoms with E-state index < -0.39 is 0 Å². The minimum absolute atomic E-state index is 0.526. The Labute approximate surface area is 120 Å². The molecule has 2 aromatic rings. The molecule has 3 rings (SSSR count). The third-order valence-electron chi connectivity index (χ3n) is 4.76. The summed E-state index contributed by atoms with van der Waals surface area (Å²) in [5.41, 5.74) is 8.91. The van der Waals surface area contributed by atoms with Crippen LogP contribution in [-0.2, 0) is 0 Å². The zero-order chi connectivity index (χ0) is 14.1. The zero-order valence-corrected chi connectivity index (χ0v) is 12.2. The van der Waals surface area contributed by atoms with Crippen molar-refractivity contribution in [3.8, 4) is 11.3 Å². The monoisotopic (exact) mass is 270 g/mol. The highest BCUT2D eigenvalue weighted by atomic mass is 15.1. The van der Waals surface area contributed by atoms with Crippen LogP contribution in [-0.4, -0.2) is 14.5 Å². The van der Waals surface area contributed by atoms with E-state index in [2.05, 4.69) is 28.4 Å². The van der Waals surface area contributed by atoms with Crippen molar-refractivity contribution in [3.05, 3.63) is 31.0 Å². The molecule has 0 saturated heterocycles. The number of nitrogens with zero attached hydrogens (tertiary/aromatic N) is 3. The number of aromatic nitrogens is 3. The molecule has 4 nitrogen and oxygen atoms in total. The molecule has 0 bridgehead atoms. The lowest BCUT2D eigenvalue weighted by Crippen LogP contribution is -2.23. The van der Waals surface area contributed by atoms with Crippen molar-refractivity contribution < 1.29 is 0 Å². The summed E-state index contributed by atoms with van der Waals surface area (Å²) in [6.07, 6.45) is 11.1. The number of anilines is 1. The van der Waals surface area contributed by atoms with Crippen molar-refractivity contribution in [1.29, 1.82) is 0 Å². The van der Waals surface area contributed by atoms with E-state index in [-0.39, 0.29) is 0 Å². The van der Waals surface area contributed by atoms with Crippen LogP contribution in [0.2, 0.25) is 0 Å². The van der Waals surface area contributed by atoms with Crippen molar-refractivity contribution >= 4 is 5.69 Å². The molecule has 0 aliphatic heterocycles. The summed E-state index contributed by atoms with van der Waals surface area (Å²) in [5, 5.41) is 0. The van der Waals surface area contributed by atoms with Gasteiger partial charge < -0.3 is 10.3 Å². The fraction of sp³-hybridized carbons (Fsp3) is 0.500. The summed E-state index contributed by atoms with van der Waals surface area (Å²) < 4.78 is 2.29. The van der Waals surface area contributed by atoms with Crippen molar-refractivity contribution in [1.82, 2.24) is 14.5 Å². The van der Waals surface area contributed by atoms with Crippen LogP contribution in [0.5, 0.6) is 0 Å². The fourth-order valence-electron chi connectivity index (χ4n) is 3.20. The normalized spacial score (nSPS) is 26.6. The van der Waals surface area contributed by atoms with Gasteiger partial charge >= 0.3 is 0 Å². The van der Waals surface area contributed by atoms with E-state index in [4.69, 9.17) is 5.73 Å². The van der Waals surface area contributed by atoms with Crippen LogP contribution in [0.25, 0.3) is 11.3 Å². The van der Waals surface area contributed by atoms with Gasteiger partial charge in [-0.1, -0.05) is 13.8 Å². The van der Waals surface area contributed by atoms with E-state index in [0.717, 1.165) is 28.8 Å². The Kier molecular flexibility index (Phi) is 3.47. The molecule has 0 amide bonds. The average Bonchev–Trinajstić information content (AvgIpc) is 2.91. The molecule has 2 heterocycles. The van der Waals surface area contributed by atoms with Gasteiger partial charge in [0.1, 0.15) is 0 Å². The summed E-state index contributed by atoms with van der Waals surface area (Å²) in [7, 11) is 0. The van der Waals surface area contributed by atoms with Crippen molar-refractivity contribution in [3.63, 3.8) is 0 Å². The molecule has 20 heavy (non-hydrogen) atoms. The highest BCUT2D eigenvalue weighted by molar-refractivity contribution is 5.72. The number of pyridine rings is 1. The topological polar surface area (TPSA) is 56.7 Å². The van der Waals surface area contributed by atoms with Gasteiger partial charge in [0.25, 0.3) is 0 Å². The number of nitrogen functional groups attached to an aromatic ring is 1. The molecule has 4 heteroatoms. The Bertz CT molecular complexity index is 590. The Balaban J connectivity index is 1.93. The second kappa shape index (κ2) is 5.27. The van der Waals surface area contributed by atoms with Crippen LogP contribution < -0.4 is 5.73 Å². The van der Waals surface area contributed by atoms with Crippen molar-refractivity contribution in [2.24, 2.45) is 11.8 Å². The van der Waals surface area contributed by atoms with E-state index in [1.807, 2.05) is 24.8 Å². The molecule has 1 aliphatic rings. The number of imidazole rings is 1. The Morgan fingerprint density at radius 3 is 2.75 bits per heavy atom. The summed E-state index contributed by atoms with van der Waals surface area (Å²) in [6, 6.07) is 2.37. The van der Waals surface area contributed by atoms with Crippen molar-refractivity contribution in [2.45, 2.75) is 39.2 Å². The van der Waals surface area contributed by atoms with Gasteiger partial charge in [-0.25, -0.2) is 4.98 Å². The quantitative estimate of drug-likeness (QED) is 0.908. The highest BCUT2D eigenvalue weighted by Gasteiger charge is 2.27. The molecule has 2 aromatic heterocycles. The first-order valence-corrected chi connectivity index (χ1v) is 7.38. The van der Waals surface area contributed by atoms with Gasteiger partial charge in [-0.3, -0.25) is 4.98 Å². The maximum absolute atomic E-state index is 6.08. The van der Waals surface area contributed by atoms with Gasteiger partial charge in [0.2, 0.25) is 0 Å². The van der Waals surface area contributed by atoms with Crippen molar-refractivity contribution in [2.75, 3.05) is 5.73 Å². The van der Waals surface area contributed by atoms with E-state index in [9.17, 15) is 0 Å². The van der Waals surface area contributed by atoms with Crippen LogP contribution in [0.15, 0.2) is 31.0 Å². The first-order chi connectivity index (χ1) is 9.66. The molecular weight excluding hydrogens is 248 g/mol. The number of nitrogens with two attached hydrogens (primary N) is 1. The Hall–Kier alpha value is -1.84. The standard InChI is InChI=1S/C16H22N4/c1-11-3-4-13(7-12(11)2)20-10-19-9-16(20)14-8-18-6-5-15(14)17/h5-6,8-13H,3-4,7H2,1-2H3,(H2,17,18). The van der Waals surface area contributed by atoms with Gasteiger partial charge in [-0.15, -0.1) is 0 Å². The van der Waals surface area contributed by atoms with Crippen LogP contribution >= 0.6 is 0 Å². The first-order valence-electron chi connectivity index (χ1n) is 7.38. The minimum atomic E-state index is 0.526. The lowest BCUT2D eigenvalue weighted by Gasteiger charge is -2.33. The molecule has 2 N–H and O–H groups in total. The Morgan fingerprint density at radius 1 is 1.15 bits per heavy atom. The highest BCUT2D eigenvalue weighted by Crippen LogP contribution is 2.38. The van der Waals surface area contributed by atoms with Gasteiger partial charge in [0.15, 0.2) is 0 Å². The van der Waals surface area contributed by atoms with Crippen LogP contribution in [0.3, 0.4) is 0 Å². The van der Waals surface area contributed by atoms with Crippen LogP contribution in [0.1, 0.15) is 39.2 Å². The Morgan fingerprint density at radius 2 is 2.00 bits per heavy atom. The average molecular weight is 270 g/mol. The largest absolute Gasteiger partial charge is 0.398 e. The zero-order valence-electron chi connectivity index (χ0n) is 12.2. The van der Waals surface area contributed by atoms with E-state index in [0.29, 0.717) is 6.04 Å². The van der Waals surface area contributed by atoms with Gasteiger partial charge in [0.05, 0.1) is 18.2 Å². The summed E-state index contributed by atoms with van der Waals surface area (Å²) >= 11 is 0. The predicted molar refractivity (Wildman–Crippen MR) is 81.1 cm³/mol. The maximum atomic E-state index is 6.08. The number of rotatable bonds is 2. The molecule has 3 unspecified atom stereocenters. The van der Waals surface area contributed by atoms with Crippen LogP contribution in [0, 0.1) is 11.8 Å². The molecule has 0 spiro atoms. The fourth-order valence-corrected chi connectivity index (χ4v) is 3.20. The minimum Gasteiger partial charge on any atom is -0.398 e. The van der Waals surface area contributed by atoms with E-state index in [1.165, 1.54) is 19.3 Å². The number of hydrogen-bond donors (Lipinski definition) is 1. The number of hydrogen-bond acceptors (Lipinski definition) is 3. The second-order valence-corrected chi connectivity index (χ2v) is 6.07. The summed E-state index contributed by atoms with van der Waals surface area (Å²) in [5.74, 6) is 1.58. The summed E-state index contributed by atoms with van der Waals surface area (Å²) in [4.78, 5) is 8.53. The van der Waals surface area contributed by atoms with E-state index >= 15 is 0 Å². The molecule has 0 radical (unpaired) electrons.